The summed E-state index contributed by atoms with van der Waals surface area (Å²) in [6, 6.07) is 0. The van der Waals surface area contributed by atoms with Crippen molar-refractivity contribution in [2.45, 2.75) is 38.8 Å². The van der Waals surface area contributed by atoms with E-state index in [1.54, 1.807) is 11.3 Å². The lowest BCUT2D eigenvalue weighted by Crippen LogP contribution is -2.37. The molecule has 2 heterocycles. The van der Waals surface area contributed by atoms with Crippen LogP contribution in [0.5, 0.6) is 0 Å². The predicted octanol–water partition coefficient (Wildman–Crippen LogP) is 2.10. The molecule has 0 aliphatic heterocycles. The first kappa shape index (κ1) is 14.8. The molecule has 1 fully saturated rings. The van der Waals surface area contributed by atoms with Crippen LogP contribution in [0.1, 0.15) is 31.9 Å². The lowest BCUT2D eigenvalue weighted by Gasteiger charge is -2.34. The van der Waals surface area contributed by atoms with Gasteiger partial charge in [-0.15, -0.1) is 11.3 Å². The molecule has 0 aromatic carbocycles. The van der Waals surface area contributed by atoms with Gasteiger partial charge in [0.05, 0.1) is 11.8 Å². The molecule has 116 valence electrons. The lowest BCUT2D eigenvalue weighted by molar-refractivity contribution is 0.0464. The Bertz CT molecular complexity index is 588. The second-order valence-electron chi connectivity index (χ2n) is 5.99. The zero-order valence-corrected chi connectivity index (χ0v) is 13.6. The number of aliphatic hydroxyl groups excluding tert-OH is 1. The van der Waals surface area contributed by atoms with Gasteiger partial charge in [-0.2, -0.15) is 0 Å². The van der Waals surface area contributed by atoms with E-state index in [1.165, 1.54) is 5.69 Å². The summed E-state index contributed by atoms with van der Waals surface area (Å²) in [6.45, 7) is 5.02. The number of imidazole rings is 1. The Labute approximate surface area is 129 Å². The number of fused-ring (bicyclic) bond motifs is 1. The fraction of sp³-hybridized carbons (Fsp3) is 0.667. The number of aliphatic hydroxyl groups is 1. The topological polar surface area (TPSA) is 52.8 Å². The molecule has 5 nitrogen and oxygen atoms in total. The van der Waals surface area contributed by atoms with Gasteiger partial charge in [0.25, 0.3) is 0 Å². The number of aromatic nitrogens is 2. The van der Waals surface area contributed by atoms with Crippen molar-refractivity contribution in [3.63, 3.8) is 0 Å². The summed E-state index contributed by atoms with van der Waals surface area (Å²) in [6.07, 6.45) is 5.00. The number of nitrogens with zero attached hydrogens (tertiary/aromatic N) is 3. The molecule has 2 aromatic rings. The minimum atomic E-state index is -0.0837. The summed E-state index contributed by atoms with van der Waals surface area (Å²) in [5, 5.41) is 15.0. The summed E-state index contributed by atoms with van der Waals surface area (Å²) in [5.74, 6) is 1.67. The van der Waals surface area contributed by atoms with E-state index in [-0.39, 0.29) is 6.10 Å². The van der Waals surface area contributed by atoms with Crippen molar-refractivity contribution in [2.24, 2.45) is 5.92 Å². The van der Waals surface area contributed by atoms with Crippen LogP contribution < -0.4 is 10.2 Å². The molecule has 0 spiro atoms. The summed E-state index contributed by atoms with van der Waals surface area (Å²) in [4.78, 5) is 8.09. The number of nitrogens with one attached hydrogen (secondary N) is 1. The SMILES string of the molecule is CCCNCc1c(N(C)CC2CC(O)C2)nc2sccn12. The molecule has 2 N–H and O–H groups in total. The van der Waals surface area contributed by atoms with Gasteiger partial charge in [-0.25, -0.2) is 4.98 Å². The third-order valence-corrected chi connectivity index (χ3v) is 4.92. The first-order valence-corrected chi connectivity index (χ1v) is 8.61. The fourth-order valence-electron chi connectivity index (χ4n) is 3.00. The van der Waals surface area contributed by atoms with Gasteiger partial charge in [0, 0.05) is 31.7 Å². The van der Waals surface area contributed by atoms with Gasteiger partial charge in [0.2, 0.25) is 0 Å². The second kappa shape index (κ2) is 6.34. The Hall–Kier alpha value is -1.11. The molecule has 1 saturated carbocycles. The summed E-state index contributed by atoms with van der Waals surface area (Å²) in [5.41, 5.74) is 1.24. The highest BCUT2D eigenvalue weighted by Gasteiger charge is 2.29. The molecule has 1 aliphatic rings. The van der Waals surface area contributed by atoms with Gasteiger partial charge in [-0.1, -0.05) is 6.92 Å². The molecule has 1 aliphatic carbocycles. The van der Waals surface area contributed by atoms with Crippen LogP contribution in [0.3, 0.4) is 0 Å². The maximum absolute atomic E-state index is 9.43. The van der Waals surface area contributed by atoms with Gasteiger partial charge in [-0.3, -0.25) is 4.40 Å². The highest BCUT2D eigenvalue weighted by atomic mass is 32.1. The standard InChI is InChI=1S/C15H24N4OS/c1-3-4-16-9-13-14(17-15-19(13)5-6-21-15)18(2)10-11-7-12(20)8-11/h5-6,11-12,16,20H,3-4,7-10H2,1-2H3. The fourth-order valence-corrected chi connectivity index (χ4v) is 3.73. The van der Waals surface area contributed by atoms with E-state index in [4.69, 9.17) is 4.98 Å². The highest BCUT2D eigenvalue weighted by molar-refractivity contribution is 7.15. The van der Waals surface area contributed by atoms with Crippen LogP contribution in [-0.4, -0.2) is 40.7 Å². The Morgan fingerprint density at radius 3 is 3.05 bits per heavy atom. The van der Waals surface area contributed by atoms with Gasteiger partial charge in [0.15, 0.2) is 10.8 Å². The molecule has 0 radical (unpaired) electrons. The van der Waals surface area contributed by atoms with Crippen LogP contribution in [-0.2, 0) is 6.54 Å². The van der Waals surface area contributed by atoms with Crippen LogP contribution >= 0.6 is 11.3 Å². The van der Waals surface area contributed by atoms with Crippen LogP contribution in [0.15, 0.2) is 11.6 Å². The number of hydrogen-bond donors (Lipinski definition) is 2. The van der Waals surface area contributed by atoms with Crippen molar-refractivity contribution in [1.29, 1.82) is 0 Å². The molecule has 0 bridgehead atoms. The van der Waals surface area contributed by atoms with Crippen LogP contribution in [0.25, 0.3) is 4.96 Å². The van der Waals surface area contributed by atoms with Crippen molar-refractivity contribution in [1.82, 2.24) is 14.7 Å². The average molecular weight is 308 g/mol. The van der Waals surface area contributed by atoms with Crippen molar-refractivity contribution in [3.05, 3.63) is 17.3 Å². The number of hydrogen-bond acceptors (Lipinski definition) is 5. The first-order valence-electron chi connectivity index (χ1n) is 7.73. The summed E-state index contributed by atoms with van der Waals surface area (Å²) in [7, 11) is 2.11. The van der Waals surface area contributed by atoms with E-state index in [9.17, 15) is 5.11 Å². The zero-order valence-electron chi connectivity index (χ0n) is 12.7. The smallest absolute Gasteiger partial charge is 0.195 e. The molecule has 0 saturated heterocycles. The summed E-state index contributed by atoms with van der Waals surface area (Å²) < 4.78 is 2.19. The van der Waals surface area contributed by atoms with E-state index >= 15 is 0 Å². The Morgan fingerprint density at radius 2 is 2.33 bits per heavy atom. The largest absolute Gasteiger partial charge is 0.393 e. The minimum absolute atomic E-state index is 0.0837. The van der Waals surface area contributed by atoms with Crippen molar-refractivity contribution in [2.75, 3.05) is 25.0 Å². The van der Waals surface area contributed by atoms with E-state index in [2.05, 4.69) is 40.2 Å². The Kier molecular flexibility index (Phi) is 4.47. The molecule has 21 heavy (non-hydrogen) atoms. The molecule has 2 aromatic heterocycles. The van der Waals surface area contributed by atoms with Crippen molar-refractivity contribution in [3.8, 4) is 0 Å². The van der Waals surface area contributed by atoms with Gasteiger partial charge >= 0.3 is 0 Å². The third-order valence-electron chi connectivity index (χ3n) is 4.16. The first-order chi connectivity index (χ1) is 10.2. The average Bonchev–Trinajstić information content (AvgIpc) is 2.99. The minimum Gasteiger partial charge on any atom is -0.393 e. The van der Waals surface area contributed by atoms with Crippen molar-refractivity contribution < 1.29 is 5.11 Å². The Morgan fingerprint density at radius 1 is 1.52 bits per heavy atom. The van der Waals surface area contributed by atoms with E-state index in [1.807, 2.05) is 0 Å². The molecule has 0 amide bonds. The van der Waals surface area contributed by atoms with E-state index < -0.39 is 0 Å². The normalized spacial score (nSPS) is 21.7. The molecular weight excluding hydrogens is 284 g/mol. The monoisotopic (exact) mass is 308 g/mol. The number of rotatable bonds is 7. The van der Waals surface area contributed by atoms with E-state index in [0.717, 1.165) is 49.7 Å². The third kappa shape index (κ3) is 3.07. The molecule has 0 atom stereocenters. The van der Waals surface area contributed by atoms with Crippen LogP contribution in [0.4, 0.5) is 5.82 Å². The number of anilines is 1. The van der Waals surface area contributed by atoms with Gasteiger partial charge < -0.3 is 15.3 Å². The Balaban J connectivity index is 1.75. The number of thiazole rings is 1. The maximum atomic E-state index is 9.43. The van der Waals surface area contributed by atoms with Crippen LogP contribution in [0, 0.1) is 5.92 Å². The van der Waals surface area contributed by atoms with E-state index in [0.29, 0.717) is 5.92 Å². The maximum Gasteiger partial charge on any atom is 0.195 e. The highest BCUT2D eigenvalue weighted by Crippen LogP contribution is 2.30. The lowest BCUT2D eigenvalue weighted by atomic mass is 9.82. The molecule has 3 rings (SSSR count). The summed E-state index contributed by atoms with van der Waals surface area (Å²) >= 11 is 1.68. The molecular formula is C15H24N4OS. The van der Waals surface area contributed by atoms with Crippen LogP contribution in [0.2, 0.25) is 0 Å². The second-order valence-corrected chi connectivity index (χ2v) is 6.86. The van der Waals surface area contributed by atoms with Gasteiger partial charge in [0.1, 0.15) is 0 Å². The molecule has 6 heteroatoms. The predicted molar refractivity (Wildman–Crippen MR) is 87.1 cm³/mol. The zero-order chi connectivity index (χ0) is 14.8. The molecule has 0 unspecified atom stereocenters. The quantitative estimate of drug-likeness (QED) is 0.769. The van der Waals surface area contributed by atoms with Gasteiger partial charge in [-0.05, 0) is 31.7 Å². The van der Waals surface area contributed by atoms with Crippen molar-refractivity contribution >= 4 is 22.1 Å².